The van der Waals surface area contributed by atoms with Crippen molar-refractivity contribution in [3.05, 3.63) is 69.5 Å². The minimum atomic E-state index is -0.575. The zero-order valence-electron chi connectivity index (χ0n) is 13.7. The highest BCUT2D eigenvalue weighted by molar-refractivity contribution is 5.63. The van der Waals surface area contributed by atoms with Crippen LogP contribution in [-0.2, 0) is 6.54 Å². The molecule has 1 saturated heterocycles. The molecule has 1 aliphatic rings. The number of hydrogen-bond acceptors (Lipinski definition) is 3. The molecule has 24 heavy (non-hydrogen) atoms. The summed E-state index contributed by atoms with van der Waals surface area (Å²) in [6, 6.07) is 12.3. The van der Waals surface area contributed by atoms with Crippen molar-refractivity contribution in [1.29, 1.82) is 0 Å². The van der Waals surface area contributed by atoms with E-state index in [0.29, 0.717) is 5.69 Å². The van der Waals surface area contributed by atoms with Gasteiger partial charge in [-0.05, 0) is 19.1 Å². The Balaban J connectivity index is 1.66. The number of rotatable bonds is 4. The van der Waals surface area contributed by atoms with Crippen molar-refractivity contribution in [1.82, 2.24) is 0 Å². The Hall–Kier alpha value is -2.47. The SMILES string of the molecule is Cc1cccc(C[NH+]2CCN(c3ccc(F)cc3[N+](=O)[O-])CC2)c1. The van der Waals surface area contributed by atoms with Crippen molar-refractivity contribution in [2.24, 2.45) is 0 Å². The molecule has 1 aliphatic heterocycles. The number of aryl methyl sites for hydroxylation is 1. The van der Waals surface area contributed by atoms with Gasteiger partial charge in [0.15, 0.2) is 0 Å². The lowest BCUT2D eigenvalue weighted by molar-refractivity contribution is -0.914. The van der Waals surface area contributed by atoms with Crippen molar-refractivity contribution in [2.45, 2.75) is 13.5 Å². The van der Waals surface area contributed by atoms with E-state index in [4.69, 9.17) is 0 Å². The molecular formula is C18H21FN3O2+. The molecule has 0 aliphatic carbocycles. The van der Waals surface area contributed by atoms with Gasteiger partial charge in [0.1, 0.15) is 18.0 Å². The highest BCUT2D eigenvalue weighted by Crippen LogP contribution is 2.28. The van der Waals surface area contributed by atoms with Crippen molar-refractivity contribution < 1.29 is 14.2 Å². The Morgan fingerprint density at radius 3 is 2.62 bits per heavy atom. The fourth-order valence-electron chi connectivity index (χ4n) is 3.26. The first kappa shape index (κ1) is 16.4. The molecular weight excluding hydrogens is 309 g/mol. The Morgan fingerprint density at radius 2 is 1.96 bits per heavy atom. The van der Waals surface area contributed by atoms with Crippen LogP contribution in [0, 0.1) is 22.9 Å². The standard InChI is InChI=1S/C18H20FN3O2/c1-14-3-2-4-15(11-14)13-20-7-9-21(10-8-20)17-6-5-16(19)12-18(17)22(23)24/h2-6,11-12H,7-10,13H2,1H3/p+1. The van der Waals surface area contributed by atoms with Crippen molar-refractivity contribution in [2.75, 3.05) is 31.1 Å². The van der Waals surface area contributed by atoms with Gasteiger partial charge in [-0.1, -0.05) is 29.8 Å². The number of nitrogens with zero attached hydrogens (tertiary/aromatic N) is 2. The topological polar surface area (TPSA) is 50.8 Å². The first-order valence-corrected chi connectivity index (χ1v) is 8.11. The van der Waals surface area contributed by atoms with Gasteiger partial charge in [-0.15, -0.1) is 0 Å². The van der Waals surface area contributed by atoms with Gasteiger partial charge in [0.2, 0.25) is 0 Å². The lowest BCUT2D eigenvalue weighted by Crippen LogP contribution is -3.13. The molecule has 2 aromatic carbocycles. The van der Waals surface area contributed by atoms with Crippen LogP contribution >= 0.6 is 0 Å². The van der Waals surface area contributed by atoms with E-state index in [-0.39, 0.29) is 5.69 Å². The molecule has 0 unspecified atom stereocenters. The molecule has 126 valence electrons. The molecule has 0 bridgehead atoms. The molecule has 1 heterocycles. The van der Waals surface area contributed by atoms with Gasteiger partial charge >= 0.3 is 0 Å². The van der Waals surface area contributed by atoms with E-state index in [2.05, 4.69) is 31.2 Å². The smallest absolute Gasteiger partial charge is 0.295 e. The highest BCUT2D eigenvalue weighted by atomic mass is 19.1. The number of halogens is 1. The molecule has 5 nitrogen and oxygen atoms in total. The van der Waals surface area contributed by atoms with Gasteiger partial charge in [-0.3, -0.25) is 10.1 Å². The van der Waals surface area contributed by atoms with E-state index < -0.39 is 10.7 Å². The molecule has 1 N–H and O–H groups in total. The van der Waals surface area contributed by atoms with E-state index >= 15 is 0 Å². The van der Waals surface area contributed by atoms with Crippen LogP contribution in [0.4, 0.5) is 15.8 Å². The van der Waals surface area contributed by atoms with Crippen LogP contribution in [-0.4, -0.2) is 31.1 Å². The summed E-state index contributed by atoms with van der Waals surface area (Å²) < 4.78 is 13.3. The maximum Gasteiger partial charge on any atom is 0.295 e. The number of nitro benzene ring substituents is 1. The number of hydrogen-bond donors (Lipinski definition) is 1. The molecule has 0 aromatic heterocycles. The zero-order chi connectivity index (χ0) is 17.1. The summed E-state index contributed by atoms with van der Waals surface area (Å²) in [7, 11) is 0. The summed E-state index contributed by atoms with van der Waals surface area (Å²) >= 11 is 0. The largest absolute Gasteiger partial charge is 0.355 e. The molecule has 0 saturated carbocycles. The van der Waals surface area contributed by atoms with Gasteiger partial charge in [-0.2, -0.15) is 0 Å². The molecule has 3 rings (SSSR count). The van der Waals surface area contributed by atoms with Crippen molar-refractivity contribution in [3.8, 4) is 0 Å². The van der Waals surface area contributed by atoms with E-state index in [1.807, 2.05) is 4.90 Å². The quantitative estimate of drug-likeness (QED) is 0.689. The number of quaternary nitrogens is 1. The van der Waals surface area contributed by atoms with Gasteiger partial charge in [-0.25, -0.2) is 4.39 Å². The molecule has 2 aromatic rings. The van der Waals surface area contributed by atoms with Crippen molar-refractivity contribution in [3.63, 3.8) is 0 Å². The van der Waals surface area contributed by atoms with E-state index in [1.165, 1.54) is 28.2 Å². The summed E-state index contributed by atoms with van der Waals surface area (Å²) in [4.78, 5) is 14.1. The normalized spacial score (nSPS) is 15.5. The first-order chi connectivity index (χ1) is 11.5. The monoisotopic (exact) mass is 330 g/mol. The maximum atomic E-state index is 13.3. The van der Waals surface area contributed by atoms with E-state index in [9.17, 15) is 14.5 Å². The fourth-order valence-corrected chi connectivity index (χ4v) is 3.26. The Bertz CT molecular complexity index is 743. The van der Waals surface area contributed by atoms with Crippen LogP contribution in [0.1, 0.15) is 11.1 Å². The average Bonchev–Trinajstić information content (AvgIpc) is 2.56. The third-order valence-corrected chi connectivity index (χ3v) is 4.48. The Morgan fingerprint density at radius 1 is 1.21 bits per heavy atom. The Kier molecular flexibility index (Phi) is 4.76. The second kappa shape index (κ2) is 6.97. The van der Waals surface area contributed by atoms with E-state index in [1.54, 1.807) is 0 Å². The molecule has 1 fully saturated rings. The minimum Gasteiger partial charge on any atom is -0.355 e. The lowest BCUT2D eigenvalue weighted by atomic mass is 10.1. The molecule has 6 heteroatoms. The van der Waals surface area contributed by atoms with Crippen LogP contribution in [0.5, 0.6) is 0 Å². The number of nitrogens with one attached hydrogen (secondary N) is 1. The molecule has 0 radical (unpaired) electrons. The number of anilines is 1. The van der Waals surface area contributed by atoms with Crippen LogP contribution in [0.3, 0.4) is 0 Å². The van der Waals surface area contributed by atoms with Crippen molar-refractivity contribution >= 4 is 11.4 Å². The number of piperazine rings is 1. The lowest BCUT2D eigenvalue weighted by Gasteiger charge is -2.33. The predicted octanol–water partition coefficient (Wildman–Crippen LogP) is 1.95. The zero-order valence-corrected chi connectivity index (χ0v) is 13.7. The predicted molar refractivity (Wildman–Crippen MR) is 90.8 cm³/mol. The average molecular weight is 330 g/mol. The van der Waals surface area contributed by atoms with Gasteiger partial charge in [0.05, 0.1) is 37.2 Å². The van der Waals surface area contributed by atoms with Gasteiger partial charge in [0.25, 0.3) is 5.69 Å². The van der Waals surface area contributed by atoms with E-state index in [0.717, 1.165) is 38.8 Å². The minimum absolute atomic E-state index is 0.155. The van der Waals surface area contributed by atoms with Crippen LogP contribution in [0.2, 0.25) is 0 Å². The summed E-state index contributed by atoms with van der Waals surface area (Å²) in [5.41, 5.74) is 2.92. The summed E-state index contributed by atoms with van der Waals surface area (Å²) in [6.45, 7) is 6.32. The first-order valence-electron chi connectivity index (χ1n) is 8.11. The highest BCUT2D eigenvalue weighted by Gasteiger charge is 2.26. The number of benzene rings is 2. The molecule has 0 amide bonds. The summed E-state index contributed by atoms with van der Waals surface area (Å²) in [5.74, 6) is -0.575. The number of nitro groups is 1. The summed E-state index contributed by atoms with van der Waals surface area (Å²) in [5, 5.41) is 11.2. The second-order valence-electron chi connectivity index (χ2n) is 6.29. The van der Waals surface area contributed by atoms with Crippen LogP contribution in [0.25, 0.3) is 0 Å². The van der Waals surface area contributed by atoms with Crippen LogP contribution in [0.15, 0.2) is 42.5 Å². The summed E-state index contributed by atoms with van der Waals surface area (Å²) in [6.07, 6.45) is 0. The Labute approximate surface area is 140 Å². The second-order valence-corrected chi connectivity index (χ2v) is 6.29. The molecule has 0 atom stereocenters. The third-order valence-electron chi connectivity index (χ3n) is 4.48. The van der Waals surface area contributed by atoms with Crippen LogP contribution < -0.4 is 9.80 Å². The van der Waals surface area contributed by atoms with Gasteiger partial charge in [0, 0.05) is 5.56 Å². The fraction of sp³-hybridized carbons (Fsp3) is 0.333. The maximum absolute atomic E-state index is 13.3. The van der Waals surface area contributed by atoms with Gasteiger partial charge < -0.3 is 9.80 Å². The third kappa shape index (κ3) is 3.71. The molecule has 0 spiro atoms.